The summed E-state index contributed by atoms with van der Waals surface area (Å²) >= 11 is 0. The maximum atomic E-state index is 12.4. The number of rotatable bonds is 3. The van der Waals surface area contributed by atoms with E-state index in [9.17, 15) is 14.7 Å². The number of pyridine rings is 1. The molecule has 0 bridgehead atoms. The van der Waals surface area contributed by atoms with Crippen LogP contribution in [0.5, 0.6) is 0 Å². The number of carboxylic acid groups (broad SMARTS) is 1. The van der Waals surface area contributed by atoms with Crippen molar-refractivity contribution >= 4 is 16.9 Å². The van der Waals surface area contributed by atoms with Crippen molar-refractivity contribution in [3.05, 3.63) is 46.2 Å². The first-order valence-electron chi connectivity index (χ1n) is 9.26. The number of nitrogens with one attached hydrogen (secondary N) is 1. The molecule has 26 heavy (non-hydrogen) atoms. The third-order valence-electron chi connectivity index (χ3n) is 6.26. The lowest BCUT2D eigenvalue weighted by Gasteiger charge is -2.51. The van der Waals surface area contributed by atoms with Crippen LogP contribution >= 0.6 is 0 Å². The fraction of sp³-hybridized carbons (Fsp3) is 0.500. The number of likely N-dealkylation sites (N-methyl/N-ethyl adjacent to an activating group) is 1. The van der Waals surface area contributed by atoms with E-state index in [0.29, 0.717) is 26.1 Å². The van der Waals surface area contributed by atoms with Crippen molar-refractivity contribution in [1.82, 2.24) is 14.8 Å². The number of para-hydroxylation sites is 1. The molecule has 0 amide bonds. The molecule has 6 nitrogen and oxygen atoms in total. The van der Waals surface area contributed by atoms with Gasteiger partial charge in [-0.05, 0) is 56.9 Å². The van der Waals surface area contributed by atoms with Crippen LogP contribution < -0.4 is 5.56 Å². The summed E-state index contributed by atoms with van der Waals surface area (Å²) in [5.41, 5.74) is 0.886. The highest BCUT2D eigenvalue weighted by molar-refractivity contribution is 5.78. The van der Waals surface area contributed by atoms with Crippen molar-refractivity contribution in [2.75, 3.05) is 26.7 Å². The van der Waals surface area contributed by atoms with Gasteiger partial charge in [-0.3, -0.25) is 14.5 Å². The minimum Gasteiger partial charge on any atom is -0.481 e. The summed E-state index contributed by atoms with van der Waals surface area (Å²) in [5.74, 6) is -0.669. The SMILES string of the molecule is CN1CCC[C@]2(C(=O)O)CCN(Cc3cc4ccccc4[nH]c3=O)C[C@@H]12. The summed E-state index contributed by atoms with van der Waals surface area (Å²) in [6.07, 6.45) is 2.33. The van der Waals surface area contributed by atoms with Crippen LogP contribution in [0.4, 0.5) is 0 Å². The third-order valence-corrected chi connectivity index (χ3v) is 6.26. The number of piperidine rings is 2. The lowest BCUT2D eigenvalue weighted by molar-refractivity contribution is -0.162. The number of likely N-dealkylation sites (tertiary alicyclic amines) is 2. The molecule has 1 aromatic carbocycles. The first-order valence-corrected chi connectivity index (χ1v) is 9.26. The Kier molecular flexibility index (Phi) is 4.32. The first-order chi connectivity index (χ1) is 12.5. The molecule has 2 atom stereocenters. The highest BCUT2D eigenvalue weighted by Gasteiger charge is 2.52. The minimum absolute atomic E-state index is 0.00189. The van der Waals surface area contributed by atoms with Gasteiger partial charge in [-0.1, -0.05) is 18.2 Å². The molecule has 2 aromatic rings. The van der Waals surface area contributed by atoms with Gasteiger partial charge in [0.2, 0.25) is 0 Å². The van der Waals surface area contributed by atoms with Crippen LogP contribution in [0.1, 0.15) is 24.8 Å². The van der Waals surface area contributed by atoms with E-state index in [0.717, 1.165) is 35.9 Å². The van der Waals surface area contributed by atoms with Gasteiger partial charge in [-0.25, -0.2) is 0 Å². The van der Waals surface area contributed by atoms with Crippen LogP contribution in [0.25, 0.3) is 10.9 Å². The molecular formula is C20H25N3O3. The number of carboxylic acids is 1. The first kappa shape index (κ1) is 17.2. The highest BCUT2D eigenvalue weighted by Crippen LogP contribution is 2.42. The Morgan fingerprint density at radius 1 is 1.31 bits per heavy atom. The molecule has 6 heteroatoms. The topological polar surface area (TPSA) is 76.6 Å². The van der Waals surface area contributed by atoms with Crippen LogP contribution in [0, 0.1) is 5.41 Å². The molecule has 138 valence electrons. The third kappa shape index (κ3) is 2.83. The zero-order valence-electron chi connectivity index (χ0n) is 15.1. The number of aliphatic carboxylic acids is 1. The Bertz CT molecular complexity index is 893. The summed E-state index contributed by atoms with van der Waals surface area (Å²) in [4.78, 5) is 31.8. The fourth-order valence-corrected chi connectivity index (χ4v) is 4.74. The van der Waals surface area contributed by atoms with E-state index in [1.807, 2.05) is 37.4 Å². The zero-order chi connectivity index (χ0) is 18.3. The molecule has 0 spiro atoms. The Labute approximate surface area is 152 Å². The van der Waals surface area contributed by atoms with Crippen LogP contribution in [-0.2, 0) is 11.3 Å². The molecule has 2 fully saturated rings. The van der Waals surface area contributed by atoms with Crippen molar-refractivity contribution in [2.45, 2.75) is 31.8 Å². The number of carbonyl (C=O) groups is 1. The molecule has 4 rings (SSSR count). The van der Waals surface area contributed by atoms with Gasteiger partial charge in [-0.15, -0.1) is 0 Å². The molecule has 0 unspecified atom stereocenters. The lowest BCUT2D eigenvalue weighted by Crippen LogP contribution is -2.62. The fourth-order valence-electron chi connectivity index (χ4n) is 4.74. The van der Waals surface area contributed by atoms with Crippen molar-refractivity contribution in [2.24, 2.45) is 5.41 Å². The van der Waals surface area contributed by atoms with E-state index in [-0.39, 0.29) is 11.6 Å². The van der Waals surface area contributed by atoms with Crippen molar-refractivity contribution in [1.29, 1.82) is 0 Å². The van der Waals surface area contributed by atoms with Crippen molar-refractivity contribution in [3.63, 3.8) is 0 Å². The van der Waals surface area contributed by atoms with Crippen molar-refractivity contribution < 1.29 is 9.90 Å². The molecule has 0 radical (unpaired) electrons. The number of aromatic nitrogens is 1. The molecule has 2 aliphatic heterocycles. The standard InChI is InChI=1S/C20H25N3O3/c1-22-9-4-7-20(19(25)26)8-10-23(13-17(20)22)12-15-11-14-5-2-3-6-16(14)21-18(15)24/h2-3,5-6,11,17H,4,7-10,12-13H2,1H3,(H,21,24)(H,25,26)/t17-,20+/m1/s1. The Morgan fingerprint density at radius 2 is 2.12 bits per heavy atom. The van der Waals surface area contributed by atoms with Crippen molar-refractivity contribution in [3.8, 4) is 0 Å². The number of hydrogen-bond donors (Lipinski definition) is 2. The second-order valence-corrected chi connectivity index (χ2v) is 7.76. The Balaban J connectivity index is 1.58. The number of hydrogen-bond acceptors (Lipinski definition) is 4. The monoisotopic (exact) mass is 355 g/mol. The molecular weight excluding hydrogens is 330 g/mol. The van der Waals surface area contributed by atoms with E-state index in [1.54, 1.807) is 0 Å². The number of nitrogens with zero attached hydrogens (tertiary/aromatic N) is 2. The van der Waals surface area contributed by atoms with E-state index in [4.69, 9.17) is 0 Å². The summed E-state index contributed by atoms with van der Waals surface area (Å²) in [6, 6.07) is 9.73. The van der Waals surface area contributed by atoms with E-state index in [1.165, 1.54) is 0 Å². The average molecular weight is 355 g/mol. The summed E-state index contributed by atoms with van der Waals surface area (Å²) in [5, 5.41) is 10.9. The van der Waals surface area contributed by atoms with Crippen LogP contribution in [-0.4, -0.2) is 58.6 Å². The smallest absolute Gasteiger partial charge is 0.311 e. The second kappa shape index (κ2) is 6.52. The van der Waals surface area contributed by atoms with Gasteiger partial charge >= 0.3 is 5.97 Å². The lowest BCUT2D eigenvalue weighted by atomic mass is 9.68. The Morgan fingerprint density at radius 3 is 2.92 bits per heavy atom. The molecule has 0 saturated carbocycles. The molecule has 3 heterocycles. The number of aromatic amines is 1. The summed E-state index contributed by atoms with van der Waals surface area (Å²) in [7, 11) is 2.02. The van der Waals surface area contributed by atoms with Gasteiger partial charge in [0.1, 0.15) is 0 Å². The average Bonchev–Trinajstić information content (AvgIpc) is 2.63. The Hall–Kier alpha value is -2.18. The molecule has 0 aliphatic carbocycles. The van der Waals surface area contributed by atoms with Crippen LogP contribution in [0.2, 0.25) is 0 Å². The highest BCUT2D eigenvalue weighted by atomic mass is 16.4. The van der Waals surface area contributed by atoms with Gasteiger partial charge in [0.25, 0.3) is 5.56 Å². The van der Waals surface area contributed by atoms with Gasteiger partial charge in [-0.2, -0.15) is 0 Å². The van der Waals surface area contributed by atoms with E-state index < -0.39 is 11.4 Å². The number of H-pyrrole nitrogens is 1. The normalized spacial score (nSPS) is 27.3. The predicted octanol–water partition coefficient (Wildman–Crippen LogP) is 1.90. The maximum absolute atomic E-state index is 12.4. The number of benzene rings is 1. The quantitative estimate of drug-likeness (QED) is 0.879. The van der Waals surface area contributed by atoms with E-state index >= 15 is 0 Å². The van der Waals surface area contributed by atoms with Gasteiger partial charge < -0.3 is 15.0 Å². The minimum atomic E-state index is -0.669. The van der Waals surface area contributed by atoms with Gasteiger partial charge in [0, 0.05) is 30.2 Å². The molecule has 2 N–H and O–H groups in total. The molecule has 2 saturated heterocycles. The number of fused-ring (bicyclic) bond motifs is 2. The summed E-state index contributed by atoms with van der Waals surface area (Å²) < 4.78 is 0. The molecule has 2 aliphatic rings. The largest absolute Gasteiger partial charge is 0.481 e. The van der Waals surface area contributed by atoms with Gasteiger partial charge in [0.15, 0.2) is 0 Å². The van der Waals surface area contributed by atoms with Gasteiger partial charge in [0.05, 0.1) is 5.41 Å². The van der Waals surface area contributed by atoms with E-state index in [2.05, 4.69) is 14.8 Å². The summed E-state index contributed by atoms with van der Waals surface area (Å²) in [6.45, 7) is 2.89. The van der Waals surface area contributed by atoms with Crippen LogP contribution in [0.3, 0.4) is 0 Å². The van der Waals surface area contributed by atoms with Crippen LogP contribution in [0.15, 0.2) is 35.1 Å². The zero-order valence-corrected chi connectivity index (χ0v) is 15.1. The predicted molar refractivity (Wildman–Crippen MR) is 100 cm³/mol. The molecule has 1 aromatic heterocycles. The maximum Gasteiger partial charge on any atom is 0.311 e. The second-order valence-electron chi connectivity index (χ2n) is 7.76.